The van der Waals surface area contributed by atoms with Crippen LogP contribution in [0.3, 0.4) is 0 Å². The Bertz CT molecular complexity index is 1100. The smallest absolute Gasteiger partial charge is 0.338 e. The Morgan fingerprint density at radius 2 is 1.93 bits per heavy atom. The molecule has 2 aliphatic heterocycles. The van der Waals surface area contributed by atoms with Crippen molar-refractivity contribution >= 4 is 16.0 Å². The highest BCUT2D eigenvalue weighted by Crippen LogP contribution is 2.37. The number of sulfonamides is 1. The molecule has 0 amide bonds. The van der Waals surface area contributed by atoms with Crippen molar-refractivity contribution in [1.82, 2.24) is 8.87 Å². The molecule has 1 aromatic carbocycles. The summed E-state index contributed by atoms with van der Waals surface area (Å²) in [5, 5.41) is 9.05. The van der Waals surface area contributed by atoms with Crippen LogP contribution < -0.4 is 5.56 Å². The summed E-state index contributed by atoms with van der Waals surface area (Å²) in [4.78, 5) is 22.9. The molecule has 0 spiro atoms. The Kier molecular flexibility index (Phi) is 4.15. The SMILES string of the molecule is O=C(O)c1cc(S(=O)(=O)N2CC3CC(C2)c2cccc(=O)n2C3)ccc1F. The molecule has 0 aliphatic carbocycles. The number of halogens is 1. The molecule has 2 bridgehead atoms. The van der Waals surface area contributed by atoms with Crippen molar-refractivity contribution in [2.45, 2.75) is 23.8 Å². The van der Waals surface area contributed by atoms with Crippen LogP contribution in [0.5, 0.6) is 0 Å². The summed E-state index contributed by atoms with van der Waals surface area (Å²) in [5.74, 6) is -2.62. The molecule has 4 rings (SSSR count). The Labute approximate surface area is 154 Å². The Morgan fingerprint density at radius 3 is 2.67 bits per heavy atom. The van der Waals surface area contributed by atoms with E-state index in [1.165, 1.54) is 10.4 Å². The van der Waals surface area contributed by atoms with Crippen molar-refractivity contribution in [2.75, 3.05) is 13.1 Å². The number of fused-ring (bicyclic) bond motifs is 4. The standard InChI is InChI=1S/C18H17FN2O5S/c19-15-5-4-13(7-14(15)18(23)24)27(25,26)20-8-11-6-12(10-20)16-2-1-3-17(22)21(16)9-11/h1-5,7,11-12H,6,8-10H2,(H,23,24). The average molecular weight is 392 g/mol. The maximum Gasteiger partial charge on any atom is 0.338 e. The lowest BCUT2D eigenvalue weighted by molar-refractivity contribution is 0.0691. The minimum absolute atomic E-state index is 0.00878. The number of aromatic nitrogens is 1. The van der Waals surface area contributed by atoms with E-state index in [2.05, 4.69) is 0 Å². The van der Waals surface area contributed by atoms with Crippen molar-refractivity contribution < 1.29 is 22.7 Å². The summed E-state index contributed by atoms with van der Waals surface area (Å²) >= 11 is 0. The topological polar surface area (TPSA) is 96.7 Å². The van der Waals surface area contributed by atoms with Crippen molar-refractivity contribution in [3.63, 3.8) is 0 Å². The highest BCUT2D eigenvalue weighted by Gasteiger charge is 2.39. The number of rotatable bonds is 3. The zero-order valence-electron chi connectivity index (χ0n) is 14.2. The van der Waals surface area contributed by atoms with E-state index in [1.807, 2.05) is 6.07 Å². The average Bonchev–Trinajstić information content (AvgIpc) is 2.62. The van der Waals surface area contributed by atoms with E-state index >= 15 is 0 Å². The molecule has 2 unspecified atom stereocenters. The number of carboxylic acid groups (broad SMARTS) is 1. The molecule has 1 saturated heterocycles. The fourth-order valence-corrected chi connectivity index (χ4v) is 5.61. The van der Waals surface area contributed by atoms with E-state index in [0.29, 0.717) is 6.54 Å². The summed E-state index contributed by atoms with van der Waals surface area (Å²) in [7, 11) is -3.97. The number of hydrogen-bond donors (Lipinski definition) is 1. The number of benzene rings is 1. The molecule has 1 aromatic heterocycles. The largest absolute Gasteiger partial charge is 0.478 e. The summed E-state index contributed by atoms with van der Waals surface area (Å²) in [6.45, 7) is 0.878. The molecule has 2 atom stereocenters. The van der Waals surface area contributed by atoms with Crippen molar-refractivity contribution in [2.24, 2.45) is 5.92 Å². The molecule has 9 heteroatoms. The highest BCUT2D eigenvalue weighted by atomic mass is 32.2. The Hall–Kier alpha value is -2.52. The summed E-state index contributed by atoms with van der Waals surface area (Å²) in [5.41, 5.74) is 0.0392. The molecule has 0 radical (unpaired) electrons. The molecule has 1 fully saturated rings. The number of carbonyl (C=O) groups is 1. The zero-order valence-corrected chi connectivity index (χ0v) is 15.0. The number of hydrogen-bond acceptors (Lipinski definition) is 4. The maximum atomic E-state index is 13.6. The molecular weight excluding hydrogens is 375 g/mol. The number of pyridine rings is 1. The van der Waals surface area contributed by atoms with Gasteiger partial charge < -0.3 is 9.67 Å². The van der Waals surface area contributed by atoms with Gasteiger partial charge in [0.25, 0.3) is 5.56 Å². The minimum atomic E-state index is -3.97. The lowest BCUT2D eigenvalue weighted by Gasteiger charge is -2.42. The lowest BCUT2D eigenvalue weighted by atomic mass is 9.84. The van der Waals surface area contributed by atoms with Gasteiger partial charge in [0.15, 0.2) is 0 Å². The van der Waals surface area contributed by atoms with Crippen LogP contribution in [0.1, 0.15) is 28.4 Å². The van der Waals surface area contributed by atoms with Gasteiger partial charge in [-0.15, -0.1) is 0 Å². The van der Waals surface area contributed by atoms with E-state index in [0.717, 1.165) is 30.3 Å². The summed E-state index contributed by atoms with van der Waals surface area (Å²) in [6.07, 6.45) is 0.791. The van der Waals surface area contributed by atoms with Crippen LogP contribution in [0.4, 0.5) is 4.39 Å². The number of nitrogens with zero attached hydrogens (tertiary/aromatic N) is 2. The first kappa shape index (κ1) is 17.9. The van der Waals surface area contributed by atoms with Gasteiger partial charge in [-0.2, -0.15) is 4.31 Å². The van der Waals surface area contributed by atoms with Gasteiger partial charge in [-0.3, -0.25) is 4.79 Å². The Balaban J connectivity index is 1.70. The first-order valence-corrected chi connectivity index (χ1v) is 9.94. The molecule has 1 N–H and O–H groups in total. The molecule has 27 heavy (non-hydrogen) atoms. The Morgan fingerprint density at radius 1 is 1.15 bits per heavy atom. The van der Waals surface area contributed by atoms with Crippen LogP contribution in [-0.2, 0) is 16.6 Å². The van der Waals surface area contributed by atoms with E-state index in [1.54, 1.807) is 10.6 Å². The lowest BCUT2D eigenvalue weighted by Crippen LogP contribution is -2.49. The zero-order chi connectivity index (χ0) is 19.3. The third-order valence-electron chi connectivity index (χ3n) is 5.25. The number of aromatic carboxylic acids is 1. The van der Waals surface area contributed by atoms with Crippen LogP contribution in [0.25, 0.3) is 0 Å². The molecule has 0 saturated carbocycles. The van der Waals surface area contributed by atoms with Gasteiger partial charge in [0.2, 0.25) is 10.0 Å². The van der Waals surface area contributed by atoms with Crippen LogP contribution >= 0.6 is 0 Å². The second kappa shape index (κ2) is 6.28. The van der Waals surface area contributed by atoms with Crippen LogP contribution in [0.2, 0.25) is 0 Å². The van der Waals surface area contributed by atoms with Crippen LogP contribution in [0, 0.1) is 11.7 Å². The van der Waals surface area contributed by atoms with Crippen LogP contribution in [0.15, 0.2) is 46.1 Å². The van der Waals surface area contributed by atoms with Crippen molar-refractivity contribution in [3.05, 3.63) is 63.8 Å². The van der Waals surface area contributed by atoms with E-state index in [9.17, 15) is 22.4 Å². The minimum Gasteiger partial charge on any atom is -0.478 e. The fraction of sp³-hybridized carbons (Fsp3) is 0.333. The van der Waals surface area contributed by atoms with Gasteiger partial charge in [0.05, 0.1) is 10.5 Å². The summed E-state index contributed by atoms with van der Waals surface area (Å²) < 4.78 is 42.7. The quantitative estimate of drug-likeness (QED) is 0.854. The van der Waals surface area contributed by atoms with E-state index in [-0.39, 0.29) is 35.4 Å². The molecule has 142 valence electrons. The first-order valence-electron chi connectivity index (χ1n) is 8.50. The maximum absolute atomic E-state index is 13.6. The second-order valence-corrected chi connectivity index (χ2v) is 8.90. The predicted octanol–water partition coefficient (Wildman–Crippen LogP) is 1.49. The van der Waals surface area contributed by atoms with Gasteiger partial charge >= 0.3 is 5.97 Å². The van der Waals surface area contributed by atoms with Gasteiger partial charge in [-0.25, -0.2) is 17.6 Å². The predicted molar refractivity (Wildman–Crippen MR) is 93.7 cm³/mol. The third-order valence-corrected chi connectivity index (χ3v) is 7.08. The second-order valence-electron chi connectivity index (χ2n) is 6.97. The molecule has 2 aromatic rings. The molecule has 2 aliphatic rings. The van der Waals surface area contributed by atoms with Gasteiger partial charge in [-0.05, 0) is 36.6 Å². The van der Waals surface area contributed by atoms with Crippen LogP contribution in [-0.4, -0.2) is 41.5 Å². The number of piperidine rings is 1. The number of carboxylic acids is 1. The van der Waals surface area contributed by atoms with E-state index in [4.69, 9.17) is 5.11 Å². The highest BCUT2D eigenvalue weighted by molar-refractivity contribution is 7.89. The molecule has 3 heterocycles. The van der Waals surface area contributed by atoms with Gasteiger partial charge in [-0.1, -0.05) is 6.07 Å². The first-order chi connectivity index (χ1) is 12.8. The molecular formula is C18H17FN2O5S. The third kappa shape index (κ3) is 2.96. The summed E-state index contributed by atoms with van der Waals surface area (Å²) in [6, 6.07) is 7.79. The van der Waals surface area contributed by atoms with Gasteiger partial charge in [0.1, 0.15) is 5.82 Å². The van der Waals surface area contributed by atoms with Crippen molar-refractivity contribution in [1.29, 1.82) is 0 Å². The molecule has 7 nitrogen and oxygen atoms in total. The van der Waals surface area contributed by atoms with Crippen molar-refractivity contribution in [3.8, 4) is 0 Å². The normalized spacial score (nSPS) is 22.3. The monoisotopic (exact) mass is 392 g/mol. The van der Waals surface area contributed by atoms with Gasteiger partial charge in [0, 0.05) is 37.3 Å². The fourth-order valence-electron chi connectivity index (χ4n) is 4.03. The van der Waals surface area contributed by atoms with E-state index < -0.39 is 27.4 Å².